The molecule has 0 rings (SSSR count). The average Bonchev–Trinajstić information content (AvgIpc) is 3.30. The third kappa shape index (κ3) is 51.4. The van der Waals surface area contributed by atoms with Gasteiger partial charge in [0.1, 0.15) is 13.2 Å². The molecule has 0 heterocycles. The van der Waals surface area contributed by atoms with E-state index in [-0.39, 0.29) is 31.1 Å². The fourth-order valence-corrected chi connectivity index (χ4v) is 7.36. The molecule has 0 amide bonds. The van der Waals surface area contributed by atoms with Gasteiger partial charge in [-0.3, -0.25) is 14.4 Å². The van der Waals surface area contributed by atoms with Gasteiger partial charge in [0.05, 0.1) is 0 Å². The summed E-state index contributed by atoms with van der Waals surface area (Å²) in [6.45, 7) is 6.45. The van der Waals surface area contributed by atoms with E-state index in [1.807, 2.05) is 0 Å². The Morgan fingerprint density at radius 2 is 0.600 bits per heavy atom. The van der Waals surface area contributed by atoms with E-state index in [9.17, 15) is 14.4 Å². The summed E-state index contributed by atoms with van der Waals surface area (Å²) in [7, 11) is 0. The lowest BCUT2D eigenvalue weighted by atomic mass is 10.1. The smallest absolute Gasteiger partial charge is 0.306 e. The molecule has 0 aromatic heterocycles. The summed E-state index contributed by atoms with van der Waals surface area (Å²) < 4.78 is 16.7. The SMILES string of the molecule is CC/C=C\C/C=C\C/C=C\C/C=C\C/C=C\C/C=C\C/C=C\CCCCCCCCCCCC(=O)OCC(COC(=O)CCCCCCCCC)OC(=O)CCCCCCCCCCC. The summed E-state index contributed by atoms with van der Waals surface area (Å²) in [6.07, 6.45) is 68.9. The van der Waals surface area contributed by atoms with Crippen molar-refractivity contribution in [3.63, 3.8) is 0 Å². The Bertz CT molecular complexity index is 1270. The van der Waals surface area contributed by atoms with Crippen molar-refractivity contribution >= 4 is 17.9 Å². The van der Waals surface area contributed by atoms with Crippen molar-refractivity contribution < 1.29 is 28.6 Å². The standard InChI is InChI=1S/C59H100O6/c1-4-7-10-13-16-18-19-20-21-22-23-24-25-26-27-28-29-30-31-32-33-34-35-36-37-38-39-41-43-46-49-52-58(61)64-55-56(54-63-57(60)51-48-45-42-15-12-9-6-3)65-59(62)53-50-47-44-40-17-14-11-8-5-2/h7,10,16,18,20-21,23-24,26-27,29-30,32-33,56H,4-6,8-9,11-15,17,19,22,25,28,31,34-55H2,1-3H3/b10-7-,18-16-,21-20-,24-23-,27-26-,30-29-,33-32-. The maximum Gasteiger partial charge on any atom is 0.306 e. The molecule has 0 N–H and O–H groups in total. The Kier molecular flexibility index (Phi) is 50.4. The number of rotatable bonds is 48. The van der Waals surface area contributed by atoms with Gasteiger partial charge < -0.3 is 14.2 Å². The second-order valence-electron chi connectivity index (χ2n) is 17.8. The van der Waals surface area contributed by atoms with Gasteiger partial charge in [0.15, 0.2) is 6.10 Å². The Morgan fingerprint density at radius 1 is 0.323 bits per heavy atom. The number of ether oxygens (including phenoxy) is 3. The number of esters is 3. The second kappa shape index (κ2) is 53.2. The van der Waals surface area contributed by atoms with E-state index in [1.54, 1.807) is 0 Å². The van der Waals surface area contributed by atoms with Crippen molar-refractivity contribution in [1.82, 2.24) is 0 Å². The summed E-state index contributed by atoms with van der Waals surface area (Å²) in [5.74, 6) is -0.891. The highest BCUT2D eigenvalue weighted by Crippen LogP contribution is 2.15. The van der Waals surface area contributed by atoms with E-state index < -0.39 is 6.10 Å². The van der Waals surface area contributed by atoms with Crippen LogP contribution in [0.1, 0.15) is 252 Å². The maximum absolute atomic E-state index is 12.7. The third-order valence-corrected chi connectivity index (χ3v) is 11.4. The lowest BCUT2D eigenvalue weighted by Crippen LogP contribution is -2.30. The second-order valence-corrected chi connectivity index (χ2v) is 17.8. The molecule has 0 fully saturated rings. The van der Waals surface area contributed by atoms with E-state index >= 15 is 0 Å². The Balaban J connectivity index is 4.05. The average molecular weight is 905 g/mol. The molecule has 6 nitrogen and oxygen atoms in total. The molecular weight excluding hydrogens is 805 g/mol. The van der Waals surface area contributed by atoms with Gasteiger partial charge in [-0.1, -0.05) is 241 Å². The van der Waals surface area contributed by atoms with E-state index in [1.165, 1.54) is 103 Å². The molecule has 0 aliphatic heterocycles. The van der Waals surface area contributed by atoms with Crippen LogP contribution in [0.5, 0.6) is 0 Å². The van der Waals surface area contributed by atoms with Gasteiger partial charge >= 0.3 is 17.9 Å². The zero-order valence-corrected chi connectivity index (χ0v) is 42.5. The quantitative estimate of drug-likeness (QED) is 0.0262. The van der Waals surface area contributed by atoms with Gasteiger partial charge in [-0.2, -0.15) is 0 Å². The van der Waals surface area contributed by atoms with Crippen LogP contribution in [0.25, 0.3) is 0 Å². The lowest BCUT2D eigenvalue weighted by Gasteiger charge is -2.18. The molecule has 0 radical (unpaired) electrons. The normalized spacial score (nSPS) is 12.7. The zero-order chi connectivity index (χ0) is 47.2. The predicted octanol–water partition coefficient (Wildman–Crippen LogP) is 18.0. The third-order valence-electron chi connectivity index (χ3n) is 11.4. The molecule has 0 aromatic rings. The van der Waals surface area contributed by atoms with E-state index in [4.69, 9.17) is 14.2 Å². The first-order valence-corrected chi connectivity index (χ1v) is 27.1. The summed E-state index contributed by atoms with van der Waals surface area (Å²) in [6, 6.07) is 0. The molecule has 65 heavy (non-hydrogen) atoms. The molecule has 0 bridgehead atoms. The first-order chi connectivity index (χ1) is 32.0. The molecule has 0 spiro atoms. The van der Waals surface area contributed by atoms with Crippen LogP contribution in [0.2, 0.25) is 0 Å². The summed E-state index contributed by atoms with van der Waals surface area (Å²) in [5, 5.41) is 0. The van der Waals surface area contributed by atoms with Crippen LogP contribution >= 0.6 is 0 Å². The van der Waals surface area contributed by atoms with E-state index in [0.29, 0.717) is 19.3 Å². The molecule has 0 saturated carbocycles. The van der Waals surface area contributed by atoms with Crippen LogP contribution in [0, 0.1) is 0 Å². The number of carbonyl (C=O) groups is 3. The topological polar surface area (TPSA) is 78.9 Å². The fourth-order valence-electron chi connectivity index (χ4n) is 7.36. The highest BCUT2D eigenvalue weighted by Gasteiger charge is 2.19. The molecule has 372 valence electrons. The predicted molar refractivity (Wildman–Crippen MR) is 279 cm³/mol. The minimum atomic E-state index is -0.771. The Hall–Kier alpha value is -3.41. The minimum absolute atomic E-state index is 0.0755. The van der Waals surface area contributed by atoms with Crippen molar-refractivity contribution in [2.75, 3.05) is 13.2 Å². The van der Waals surface area contributed by atoms with Crippen LogP contribution in [-0.4, -0.2) is 37.2 Å². The number of unbranched alkanes of at least 4 members (excludes halogenated alkanes) is 23. The van der Waals surface area contributed by atoms with Gasteiger partial charge in [0.2, 0.25) is 0 Å². The molecular formula is C59H100O6. The first kappa shape index (κ1) is 61.6. The Morgan fingerprint density at radius 3 is 0.938 bits per heavy atom. The minimum Gasteiger partial charge on any atom is -0.462 e. The molecule has 0 aliphatic carbocycles. The molecule has 0 aliphatic rings. The molecule has 1 atom stereocenters. The van der Waals surface area contributed by atoms with Crippen molar-refractivity contribution in [3.8, 4) is 0 Å². The number of hydrogen-bond donors (Lipinski definition) is 0. The van der Waals surface area contributed by atoms with Crippen LogP contribution in [0.15, 0.2) is 85.1 Å². The van der Waals surface area contributed by atoms with Crippen molar-refractivity contribution in [2.45, 2.75) is 258 Å². The van der Waals surface area contributed by atoms with Crippen LogP contribution < -0.4 is 0 Å². The largest absolute Gasteiger partial charge is 0.462 e. The zero-order valence-electron chi connectivity index (χ0n) is 42.5. The summed E-state index contributed by atoms with van der Waals surface area (Å²) in [4.78, 5) is 37.7. The van der Waals surface area contributed by atoms with Crippen molar-refractivity contribution in [2.24, 2.45) is 0 Å². The molecule has 0 saturated heterocycles. The maximum atomic E-state index is 12.7. The van der Waals surface area contributed by atoms with Gasteiger partial charge in [0.25, 0.3) is 0 Å². The van der Waals surface area contributed by atoms with Gasteiger partial charge in [-0.15, -0.1) is 0 Å². The summed E-state index contributed by atoms with van der Waals surface area (Å²) in [5.41, 5.74) is 0. The monoisotopic (exact) mass is 905 g/mol. The highest BCUT2D eigenvalue weighted by molar-refractivity contribution is 5.71. The van der Waals surface area contributed by atoms with E-state index in [2.05, 4.69) is 106 Å². The number of allylic oxidation sites excluding steroid dienone is 14. The van der Waals surface area contributed by atoms with Crippen molar-refractivity contribution in [1.29, 1.82) is 0 Å². The van der Waals surface area contributed by atoms with Gasteiger partial charge in [-0.05, 0) is 77.0 Å². The van der Waals surface area contributed by atoms with Gasteiger partial charge in [-0.25, -0.2) is 0 Å². The van der Waals surface area contributed by atoms with Crippen LogP contribution in [0.3, 0.4) is 0 Å². The summed E-state index contributed by atoms with van der Waals surface area (Å²) >= 11 is 0. The fraction of sp³-hybridized carbons (Fsp3) is 0.712. The Labute approximate surface area is 401 Å². The molecule has 0 aromatic carbocycles. The van der Waals surface area contributed by atoms with Gasteiger partial charge in [0, 0.05) is 19.3 Å². The first-order valence-electron chi connectivity index (χ1n) is 27.1. The number of carbonyl (C=O) groups excluding carboxylic acids is 3. The van der Waals surface area contributed by atoms with Crippen LogP contribution in [0.4, 0.5) is 0 Å². The number of hydrogen-bond acceptors (Lipinski definition) is 6. The lowest BCUT2D eigenvalue weighted by molar-refractivity contribution is -0.167. The highest BCUT2D eigenvalue weighted by atomic mass is 16.6. The van der Waals surface area contributed by atoms with E-state index in [0.717, 1.165) is 109 Å². The van der Waals surface area contributed by atoms with Crippen LogP contribution in [-0.2, 0) is 28.6 Å². The molecule has 6 heteroatoms. The molecule has 1 unspecified atom stereocenters. The van der Waals surface area contributed by atoms with Crippen molar-refractivity contribution in [3.05, 3.63) is 85.1 Å².